The van der Waals surface area contributed by atoms with Crippen molar-refractivity contribution in [3.05, 3.63) is 0 Å². The van der Waals surface area contributed by atoms with Gasteiger partial charge in [0.05, 0.1) is 11.2 Å². The van der Waals surface area contributed by atoms with Crippen LogP contribution in [-0.4, -0.2) is 17.0 Å². The molecule has 1 aliphatic rings. The van der Waals surface area contributed by atoms with Crippen LogP contribution in [0.5, 0.6) is 0 Å². The van der Waals surface area contributed by atoms with E-state index in [-0.39, 0.29) is 17.0 Å². The standard InChI is InChI=1S/C13H26O2/c1-11(2,3)14-13(9-7-8-10-13)15-12(4,5)6/h7-10H2,1-6H3. The molecule has 15 heavy (non-hydrogen) atoms. The summed E-state index contributed by atoms with van der Waals surface area (Å²) in [6, 6.07) is 0. The Bertz CT molecular complexity index is 184. The van der Waals surface area contributed by atoms with Crippen molar-refractivity contribution in [3.8, 4) is 0 Å². The normalized spacial score (nSPS) is 22.0. The predicted molar refractivity (Wildman–Crippen MR) is 62.9 cm³/mol. The highest BCUT2D eigenvalue weighted by Crippen LogP contribution is 2.40. The summed E-state index contributed by atoms with van der Waals surface area (Å²) in [6.07, 6.45) is 4.49. The molecule has 0 aliphatic heterocycles. The van der Waals surface area contributed by atoms with Crippen LogP contribution in [0.15, 0.2) is 0 Å². The summed E-state index contributed by atoms with van der Waals surface area (Å²) in [4.78, 5) is 0. The number of rotatable bonds is 2. The van der Waals surface area contributed by atoms with E-state index < -0.39 is 0 Å². The quantitative estimate of drug-likeness (QED) is 0.649. The molecular weight excluding hydrogens is 188 g/mol. The predicted octanol–water partition coefficient (Wildman–Crippen LogP) is 3.89. The fourth-order valence-electron chi connectivity index (χ4n) is 2.25. The lowest BCUT2D eigenvalue weighted by molar-refractivity contribution is -0.307. The lowest BCUT2D eigenvalue weighted by atomic mass is 10.1. The molecule has 0 aromatic heterocycles. The van der Waals surface area contributed by atoms with E-state index in [1.165, 1.54) is 12.8 Å². The van der Waals surface area contributed by atoms with Crippen molar-refractivity contribution in [2.75, 3.05) is 0 Å². The van der Waals surface area contributed by atoms with E-state index in [1.807, 2.05) is 0 Å². The highest BCUT2D eigenvalue weighted by molar-refractivity contribution is 4.83. The van der Waals surface area contributed by atoms with Crippen LogP contribution in [-0.2, 0) is 9.47 Å². The minimum absolute atomic E-state index is 0.129. The van der Waals surface area contributed by atoms with E-state index in [2.05, 4.69) is 41.5 Å². The second-order valence-corrected chi connectivity index (χ2v) is 6.55. The van der Waals surface area contributed by atoms with Gasteiger partial charge in [-0.15, -0.1) is 0 Å². The van der Waals surface area contributed by atoms with E-state index in [0.717, 1.165) is 12.8 Å². The molecule has 1 rings (SSSR count). The van der Waals surface area contributed by atoms with Crippen molar-refractivity contribution in [2.24, 2.45) is 0 Å². The highest BCUT2D eigenvalue weighted by Gasteiger charge is 2.42. The van der Waals surface area contributed by atoms with Gasteiger partial charge < -0.3 is 9.47 Å². The molecule has 90 valence electrons. The summed E-state index contributed by atoms with van der Waals surface area (Å²) in [5, 5.41) is 0. The highest BCUT2D eigenvalue weighted by atomic mass is 16.7. The van der Waals surface area contributed by atoms with Crippen LogP contribution in [0.2, 0.25) is 0 Å². The Hall–Kier alpha value is -0.0800. The Labute approximate surface area is 94.3 Å². The molecule has 0 heterocycles. The zero-order chi connectivity index (χ0) is 11.7. The van der Waals surface area contributed by atoms with Crippen molar-refractivity contribution < 1.29 is 9.47 Å². The SMILES string of the molecule is CC(C)(C)OC1(OC(C)(C)C)CCCC1. The average Bonchev–Trinajstić information content (AvgIpc) is 2.27. The summed E-state index contributed by atoms with van der Waals surface area (Å²) in [5.41, 5.74) is -0.259. The van der Waals surface area contributed by atoms with Gasteiger partial charge in [-0.25, -0.2) is 0 Å². The Balaban J connectivity index is 2.71. The molecule has 0 spiro atoms. The van der Waals surface area contributed by atoms with Crippen LogP contribution in [0.25, 0.3) is 0 Å². The third-order valence-corrected chi connectivity index (χ3v) is 2.35. The molecule has 0 amide bonds. The van der Waals surface area contributed by atoms with Crippen LogP contribution in [0.3, 0.4) is 0 Å². The smallest absolute Gasteiger partial charge is 0.169 e. The summed E-state index contributed by atoms with van der Waals surface area (Å²) in [7, 11) is 0. The molecule has 1 aliphatic carbocycles. The second kappa shape index (κ2) is 4.06. The second-order valence-electron chi connectivity index (χ2n) is 6.55. The maximum atomic E-state index is 6.14. The van der Waals surface area contributed by atoms with E-state index in [9.17, 15) is 0 Å². The van der Waals surface area contributed by atoms with Gasteiger partial charge in [-0.05, 0) is 54.4 Å². The fraction of sp³-hybridized carbons (Fsp3) is 1.00. The molecule has 0 saturated heterocycles. The summed E-state index contributed by atoms with van der Waals surface area (Å²) < 4.78 is 12.3. The van der Waals surface area contributed by atoms with Crippen molar-refractivity contribution in [3.63, 3.8) is 0 Å². The lowest BCUT2D eigenvalue weighted by Gasteiger charge is -2.40. The molecule has 0 unspecified atom stereocenters. The van der Waals surface area contributed by atoms with Crippen LogP contribution < -0.4 is 0 Å². The first-order valence-corrected chi connectivity index (χ1v) is 6.02. The summed E-state index contributed by atoms with van der Waals surface area (Å²) in [6.45, 7) is 12.6. The largest absolute Gasteiger partial charge is 0.344 e. The number of hydrogen-bond donors (Lipinski definition) is 0. The van der Waals surface area contributed by atoms with Crippen molar-refractivity contribution >= 4 is 0 Å². The van der Waals surface area contributed by atoms with Gasteiger partial charge in [0.1, 0.15) is 0 Å². The average molecular weight is 214 g/mol. The topological polar surface area (TPSA) is 18.5 Å². The zero-order valence-electron chi connectivity index (χ0n) is 11.1. The van der Waals surface area contributed by atoms with Crippen LogP contribution in [0.4, 0.5) is 0 Å². The number of ether oxygens (including phenoxy) is 2. The molecule has 2 nitrogen and oxygen atoms in total. The molecule has 0 N–H and O–H groups in total. The molecule has 0 aromatic carbocycles. The van der Waals surface area contributed by atoms with E-state index in [1.54, 1.807) is 0 Å². The first kappa shape index (κ1) is 13.0. The fourth-order valence-corrected chi connectivity index (χ4v) is 2.25. The molecule has 0 radical (unpaired) electrons. The van der Waals surface area contributed by atoms with Crippen LogP contribution in [0.1, 0.15) is 67.2 Å². The maximum Gasteiger partial charge on any atom is 0.169 e. The van der Waals surface area contributed by atoms with Crippen molar-refractivity contribution in [1.29, 1.82) is 0 Å². The minimum atomic E-state index is -0.337. The van der Waals surface area contributed by atoms with Crippen LogP contribution >= 0.6 is 0 Å². The van der Waals surface area contributed by atoms with Crippen LogP contribution in [0, 0.1) is 0 Å². The molecular formula is C13H26O2. The van der Waals surface area contributed by atoms with E-state index in [4.69, 9.17) is 9.47 Å². The van der Waals surface area contributed by atoms with Gasteiger partial charge in [-0.2, -0.15) is 0 Å². The Morgan fingerprint density at radius 2 is 1.07 bits per heavy atom. The lowest BCUT2D eigenvalue weighted by Crippen LogP contribution is -2.44. The van der Waals surface area contributed by atoms with Gasteiger partial charge >= 0.3 is 0 Å². The van der Waals surface area contributed by atoms with Gasteiger partial charge in [0.2, 0.25) is 0 Å². The molecule has 1 fully saturated rings. The van der Waals surface area contributed by atoms with Crippen molar-refractivity contribution in [2.45, 2.75) is 84.2 Å². The zero-order valence-corrected chi connectivity index (χ0v) is 11.1. The summed E-state index contributed by atoms with van der Waals surface area (Å²) in [5.74, 6) is -0.337. The van der Waals surface area contributed by atoms with Gasteiger partial charge in [0, 0.05) is 12.8 Å². The molecule has 0 bridgehead atoms. The van der Waals surface area contributed by atoms with Gasteiger partial charge in [-0.3, -0.25) is 0 Å². The Kier molecular flexibility index (Phi) is 3.52. The summed E-state index contributed by atoms with van der Waals surface area (Å²) >= 11 is 0. The van der Waals surface area contributed by atoms with Gasteiger partial charge in [0.15, 0.2) is 5.79 Å². The van der Waals surface area contributed by atoms with Crippen molar-refractivity contribution in [1.82, 2.24) is 0 Å². The third-order valence-electron chi connectivity index (χ3n) is 2.35. The first-order chi connectivity index (χ1) is 6.62. The maximum absolute atomic E-state index is 6.14. The molecule has 0 aromatic rings. The molecule has 0 atom stereocenters. The molecule has 1 saturated carbocycles. The van der Waals surface area contributed by atoms with Gasteiger partial charge in [0.25, 0.3) is 0 Å². The minimum Gasteiger partial charge on any atom is -0.344 e. The first-order valence-electron chi connectivity index (χ1n) is 6.02. The Morgan fingerprint density at radius 3 is 1.33 bits per heavy atom. The monoisotopic (exact) mass is 214 g/mol. The Morgan fingerprint density at radius 1 is 0.733 bits per heavy atom. The number of hydrogen-bond acceptors (Lipinski definition) is 2. The molecule has 2 heteroatoms. The third kappa shape index (κ3) is 4.52. The van der Waals surface area contributed by atoms with E-state index >= 15 is 0 Å². The van der Waals surface area contributed by atoms with Gasteiger partial charge in [-0.1, -0.05) is 0 Å². The van der Waals surface area contributed by atoms with E-state index in [0.29, 0.717) is 0 Å².